The molecule has 0 saturated heterocycles. The van der Waals surface area contributed by atoms with Crippen LogP contribution in [0.3, 0.4) is 0 Å². The van der Waals surface area contributed by atoms with Crippen molar-refractivity contribution in [2.24, 2.45) is 0 Å². The maximum absolute atomic E-state index is 13.5. The van der Waals surface area contributed by atoms with E-state index in [-0.39, 0.29) is 0 Å². The van der Waals surface area contributed by atoms with Gasteiger partial charge in [0, 0.05) is 6.42 Å². The summed E-state index contributed by atoms with van der Waals surface area (Å²) in [6.07, 6.45) is 0.891. The van der Waals surface area contributed by atoms with Crippen LogP contribution in [0, 0.1) is 0 Å². The lowest BCUT2D eigenvalue weighted by Gasteiger charge is -2.05. The molecular weight excluding hydrogens is 179 g/mol. The predicted octanol–water partition coefficient (Wildman–Crippen LogP) is 2.34. The van der Waals surface area contributed by atoms with Crippen LogP contribution in [-0.4, -0.2) is 11.2 Å². The number of rotatable bonds is 2. The molecule has 0 aromatic heterocycles. The molecule has 1 aliphatic rings. The topological polar surface area (TPSA) is 20.2 Å². The van der Waals surface area contributed by atoms with E-state index >= 15 is 0 Å². The van der Waals surface area contributed by atoms with Gasteiger partial charge in [-0.05, 0) is 23.1 Å². The molecule has 1 aromatic rings. The van der Waals surface area contributed by atoms with Crippen LogP contribution >= 0.6 is 0 Å². The molecule has 14 heavy (non-hydrogen) atoms. The van der Waals surface area contributed by atoms with Gasteiger partial charge in [0.1, 0.15) is 0 Å². The molecule has 0 unspecified atom stereocenters. The number of alkyl halides is 1. The average Bonchev–Trinajstić information content (AvgIpc) is 2.46. The highest BCUT2D eigenvalue weighted by atomic mass is 19.1. The van der Waals surface area contributed by atoms with E-state index in [1.165, 1.54) is 0 Å². The Morgan fingerprint density at radius 1 is 1.57 bits per heavy atom. The first-order chi connectivity index (χ1) is 6.74. The number of benzene rings is 1. The zero-order chi connectivity index (χ0) is 10.1. The van der Waals surface area contributed by atoms with E-state index in [1.807, 2.05) is 12.1 Å². The van der Waals surface area contributed by atoms with Gasteiger partial charge in [-0.2, -0.15) is 0 Å². The fraction of sp³-hybridized carbons (Fsp3) is 0.333. The van der Waals surface area contributed by atoms with Gasteiger partial charge in [-0.15, -0.1) is 6.58 Å². The van der Waals surface area contributed by atoms with E-state index in [4.69, 9.17) is 0 Å². The van der Waals surface area contributed by atoms with E-state index in [0.29, 0.717) is 12.0 Å². The molecule has 1 aliphatic carbocycles. The minimum atomic E-state index is -1.21. The summed E-state index contributed by atoms with van der Waals surface area (Å²) in [5, 5.41) is 9.41. The smallest absolute Gasteiger partial charge is 0.151 e. The molecule has 0 radical (unpaired) electrons. The van der Waals surface area contributed by atoms with Crippen LogP contribution in [0.1, 0.15) is 22.9 Å². The highest BCUT2D eigenvalue weighted by Crippen LogP contribution is 2.36. The second-order valence-corrected chi connectivity index (χ2v) is 3.65. The number of hydrogen-bond donors (Lipinski definition) is 1. The van der Waals surface area contributed by atoms with Crippen molar-refractivity contribution < 1.29 is 9.50 Å². The number of halogens is 1. The van der Waals surface area contributed by atoms with E-state index in [1.54, 1.807) is 12.1 Å². The molecule has 0 heterocycles. The second-order valence-electron chi connectivity index (χ2n) is 3.65. The first-order valence-corrected chi connectivity index (χ1v) is 4.77. The molecule has 0 spiro atoms. The van der Waals surface area contributed by atoms with Gasteiger partial charge in [0.2, 0.25) is 0 Å². The van der Waals surface area contributed by atoms with Crippen molar-refractivity contribution in [2.45, 2.75) is 25.1 Å². The van der Waals surface area contributed by atoms with Gasteiger partial charge in [0.15, 0.2) is 6.17 Å². The van der Waals surface area contributed by atoms with Crippen LogP contribution in [0.15, 0.2) is 30.9 Å². The Kier molecular flexibility index (Phi) is 2.38. The molecule has 0 fully saturated rings. The van der Waals surface area contributed by atoms with Gasteiger partial charge < -0.3 is 5.11 Å². The highest BCUT2D eigenvalue weighted by Gasteiger charge is 2.31. The minimum Gasteiger partial charge on any atom is -0.389 e. The second kappa shape index (κ2) is 3.54. The van der Waals surface area contributed by atoms with Gasteiger partial charge in [-0.3, -0.25) is 0 Å². The highest BCUT2D eigenvalue weighted by molar-refractivity contribution is 5.42. The molecule has 1 aromatic carbocycles. The first kappa shape index (κ1) is 9.41. The van der Waals surface area contributed by atoms with Crippen molar-refractivity contribution >= 4 is 0 Å². The Morgan fingerprint density at radius 3 is 3.07 bits per heavy atom. The molecule has 1 N–H and O–H groups in total. The number of aliphatic hydroxyl groups is 1. The normalized spacial score (nSPS) is 24.7. The average molecular weight is 192 g/mol. The summed E-state index contributed by atoms with van der Waals surface area (Å²) < 4.78 is 13.5. The van der Waals surface area contributed by atoms with Crippen molar-refractivity contribution in [1.82, 2.24) is 0 Å². The van der Waals surface area contributed by atoms with E-state index in [0.717, 1.165) is 17.5 Å². The maximum atomic E-state index is 13.5. The lowest BCUT2D eigenvalue weighted by atomic mass is 10.0. The Labute approximate surface area is 82.9 Å². The summed E-state index contributed by atoms with van der Waals surface area (Å²) >= 11 is 0. The third-order valence-electron chi connectivity index (χ3n) is 2.72. The van der Waals surface area contributed by atoms with E-state index in [9.17, 15) is 9.50 Å². The molecule has 0 bridgehead atoms. The molecule has 0 saturated carbocycles. The summed E-state index contributed by atoms with van der Waals surface area (Å²) in [4.78, 5) is 0. The summed E-state index contributed by atoms with van der Waals surface area (Å²) in [6, 6.07) is 5.55. The molecule has 2 rings (SSSR count). The fourth-order valence-electron chi connectivity index (χ4n) is 2.03. The fourth-order valence-corrected chi connectivity index (χ4v) is 2.03. The van der Waals surface area contributed by atoms with E-state index in [2.05, 4.69) is 6.58 Å². The first-order valence-electron chi connectivity index (χ1n) is 4.77. The summed E-state index contributed by atoms with van der Waals surface area (Å²) in [7, 11) is 0. The lowest BCUT2D eigenvalue weighted by Crippen LogP contribution is -2.08. The Bertz CT molecular complexity index is 359. The van der Waals surface area contributed by atoms with Gasteiger partial charge >= 0.3 is 0 Å². The van der Waals surface area contributed by atoms with Crippen LogP contribution in [0.25, 0.3) is 0 Å². The summed E-state index contributed by atoms with van der Waals surface area (Å²) in [5.74, 6) is 0. The molecule has 0 aliphatic heterocycles. The standard InChI is InChI=1S/C12H13FO/c1-2-4-8-5-3-6-9-10(8)7-11(14)12(9)13/h2-3,5-6,11-12,14H,1,4,7H2/t11-,12-/m0/s1. The monoisotopic (exact) mass is 192 g/mol. The van der Waals surface area contributed by atoms with Crippen molar-refractivity contribution in [3.8, 4) is 0 Å². The van der Waals surface area contributed by atoms with Crippen molar-refractivity contribution in [3.63, 3.8) is 0 Å². The Morgan fingerprint density at radius 2 is 2.36 bits per heavy atom. The third-order valence-corrected chi connectivity index (χ3v) is 2.72. The van der Waals surface area contributed by atoms with Crippen LogP contribution < -0.4 is 0 Å². The van der Waals surface area contributed by atoms with Gasteiger partial charge in [0.25, 0.3) is 0 Å². The molecular formula is C12H13FO. The maximum Gasteiger partial charge on any atom is 0.151 e. The van der Waals surface area contributed by atoms with Crippen LogP contribution in [0.4, 0.5) is 4.39 Å². The van der Waals surface area contributed by atoms with E-state index < -0.39 is 12.3 Å². The van der Waals surface area contributed by atoms with Crippen LogP contribution in [0.5, 0.6) is 0 Å². The predicted molar refractivity (Wildman–Crippen MR) is 53.9 cm³/mol. The zero-order valence-corrected chi connectivity index (χ0v) is 7.91. The number of hydrogen-bond acceptors (Lipinski definition) is 1. The third kappa shape index (κ3) is 1.36. The van der Waals surface area contributed by atoms with Gasteiger partial charge in [-0.1, -0.05) is 24.3 Å². The molecule has 2 heteroatoms. The summed E-state index contributed by atoms with van der Waals surface area (Å²) in [6.45, 7) is 3.66. The Balaban J connectivity index is 2.44. The lowest BCUT2D eigenvalue weighted by molar-refractivity contribution is 0.0928. The number of fused-ring (bicyclic) bond motifs is 1. The SMILES string of the molecule is C=CCc1cccc2c1C[C@H](O)[C@H]2F. The van der Waals surface area contributed by atoms with Gasteiger partial charge in [0.05, 0.1) is 6.10 Å². The summed E-state index contributed by atoms with van der Waals surface area (Å²) in [5.41, 5.74) is 2.70. The number of aliphatic hydroxyl groups excluding tert-OH is 1. The largest absolute Gasteiger partial charge is 0.389 e. The zero-order valence-electron chi connectivity index (χ0n) is 7.91. The number of allylic oxidation sites excluding steroid dienone is 1. The Hall–Kier alpha value is -1.15. The van der Waals surface area contributed by atoms with Crippen molar-refractivity contribution in [3.05, 3.63) is 47.5 Å². The van der Waals surface area contributed by atoms with Crippen molar-refractivity contribution in [2.75, 3.05) is 0 Å². The van der Waals surface area contributed by atoms with Crippen LogP contribution in [0.2, 0.25) is 0 Å². The van der Waals surface area contributed by atoms with Gasteiger partial charge in [-0.25, -0.2) is 4.39 Å². The van der Waals surface area contributed by atoms with Crippen molar-refractivity contribution in [1.29, 1.82) is 0 Å². The molecule has 1 nitrogen and oxygen atoms in total. The molecule has 2 atom stereocenters. The minimum absolute atomic E-state index is 0.431. The molecule has 74 valence electrons. The molecule has 0 amide bonds. The van der Waals surface area contributed by atoms with Crippen LogP contribution in [-0.2, 0) is 12.8 Å². The quantitative estimate of drug-likeness (QED) is 0.713.